The van der Waals surface area contributed by atoms with Crippen LogP contribution in [0.15, 0.2) is 18.2 Å². The number of amides is 2. The molecule has 1 aliphatic rings. The summed E-state index contributed by atoms with van der Waals surface area (Å²) in [4.78, 5) is 11.5. The Labute approximate surface area is 122 Å². The van der Waals surface area contributed by atoms with E-state index in [1.165, 1.54) is 0 Å². The smallest absolute Gasteiger partial charge is 0.315 e. The van der Waals surface area contributed by atoms with E-state index < -0.39 is 6.10 Å². The highest BCUT2D eigenvalue weighted by Crippen LogP contribution is 2.30. The molecule has 6 heteroatoms. The molecule has 0 heterocycles. The number of carbonyl (C=O) groups is 1. The molecule has 0 aliphatic heterocycles. The first kappa shape index (κ1) is 14.4. The van der Waals surface area contributed by atoms with Crippen LogP contribution < -0.4 is 10.6 Å². The first-order valence-electron chi connectivity index (χ1n) is 6.15. The van der Waals surface area contributed by atoms with Crippen LogP contribution in [0.25, 0.3) is 0 Å². The molecule has 0 bridgehead atoms. The van der Waals surface area contributed by atoms with Crippen molar-refractivity contribution in [3.8, 4) is 0 Å². The van der Waals surface area contributed by atoms with Crippen molar-refractivity contribution in [2.45, 2.75) is 25.5 Å². The number of aliphatic hydroxyl groups is 1. The third-order valence-corrected chi connectivity index (χ3v) is 3.87. The molecule has 2 rings (SSSR count). The first-order chi connectivity index (χ1) is 8.99. The summed E-state index contributed by atoms with van der Waals surface area (Å²) < 4.78 is 0. The molecule has 19 heavy (non-hydrogen) atoms. The number of halogens is 2. The molecule has 0 aromatic heterocycles. The van der Waals surface area contributed by atoms with Crippen LogP contribution in [0.4, 0.5) is 4.79 Å². The van der Waals surface area contributed by atoms with Crippen LogP contribution >= 0.6 is 23.2 Å². The summed E-state index contributed by atoms with van der Waals surface area (Å²) in [6.45, 7) is 2.14. The van der Waals surface area contributed by atoms with Crippen LogP contribution in [0.2, 0.25) is 10.0 Å². The predicted molar refractivity (Wildman–Crippen MR) is 75.5 cm³/mol. The molecule has 3 atom stereocenters. The van der Waals surface area contributed by atoms with Crippen molar-refractivity contribution in [1.29, 1.82) is 0 Å². The van der Waals surface area contributed by atoms with Crippen LogP contribution in [-0.4, -0.2) is 23.7 Å². The van der Waals surface area contributed by atoms with E-state index in [-0.39, 0.29) is 18.6 Å². The second-order valence-corrected chi connectivity index (χ2v) is 5.64. The van der Waals surface area contributed by atoms with Gasteiger partial charge in [0.25, 0.3) is 0 Å². The lowest BCUT2D eigenvalue weighted by atomic mass is 10.1. The second-order valence-electron chi connectivity index (χ2n) is 4.82. The zero-order valence-electron chi connectivity index (χ0n) is 10.5. The molecule has 1 aromatic rings. The van der Waals surface area contributed by atoms with Gasteiger partial charge >= 0.3 is 6.03 Å². The van der Waals surface area contributed by atoms with Crippen molar-refractivity contribution in [3.63, 3.8) is 0 Å². The topological polar surface area (TPSA) is 61.4 Å². The van der Waals surface area contributed by atoms with Gasteiger partial charge in [-0.15, -0.1) is 0 Å². The van der Waals surface area contributed by atoms with E-state index in [2.05, 4.69) is 17.6 Å². The van der Waals surface area contributed by atoms with Crippen molar-refractivity contribution < 1.29 is 9.90 Å². The summed E-state index contributed by atoms with van der Waals surface area (Å²) in [5, 5.41) is 16.2. The highest BCUT2D eigenvalue weighted by Gasteiger charge is 2.33. The fourth-order valence-corrected chi connectivity index (χ4v) is 2.51. The van der Waals surface area contributed by atoms with E-state index in [1.807, 2.05) is 0 Å². The number of hydrogen-bond donors (Lipinski definition) is 3. The van der Waals surface area contributed by atoms with Gasteiger partial charge in [-0.05, 0) is 24.5 Å². The quantitative estimate of drug-likeness (QED) is 0.801. The Morgan fingerprint density at radius 3 is 2.58 bits per heavy atom. The molecule has 2 amide bonds. The Morgan fingerprint density at radius 1 is 1.47 bits per heavy atom. The molecule has 3 N–H and O–H groups in total. The molecule has 1 fully saturated rings. The molecule has 104 valence electrons. The van der Waals surface area contributed by atoms with Gasteiger partial charge in [0.15, 0.2) is 0 Å². The molecular formula is C13H16Cl2N2O2. The van der Waals surface area contributed by atoms with Crippen LogP contribution in [0, 0.1) is 5.92 Å². The average Bonchev–Trinajstić information content (AvgIpc) is 3.02. The van der Waals surface area contributed by atoms with Crippen LogP contribution in [0.1, 0.15) is 25.0 Å². The largest absolute Gasteiger partial charge is 0.386 e. The SMILES string of the molecule is CC1CC1NC(=O)NCC(O)c1c(Cl)cccc1Cl. The molecule has 1 aliphatic carbocycles. The lowest BCUT2D eigenvalue weighted by molar-refractivity contribution is 0.173. The Hall–Kier alpha value is -0.970. The molecule has 1 aromatic carbocycles. The number of rotatable bonds is 4. The van der Waals surface area contributed by atoms with Gasteiger partial charge in [-0.3, -0.25) is 0 Å². The van der Waals surface area contributed by atoms with E-state index in [1.54, 1.807) is 18.2 Å². The van der Waals surface area contributed by atoms with Crippen molar-refractivity contribution in [3.05, 3.63) is 33.8 Å². The second kappa shape index (κ2) is 5.99. The molecule has 0 radical (unpaired) electrons. The van der Waals surface area contributed by atoms with Gasteiger partial charge in [0.05, 0.1) is 6.10 Å². The number of aliphatic hydroxyl groups excluding tert-OH is 1. The Kier molecular flexibility index (Phi) is 4.55. The molecule has 0 saturated heterocycles. The first-order valence-corrected chi connectivity index (χ1v) is 6.91. The standard InChI is InChI=1S/C13H16Cl2N2O2/c1-7-5-10(7)17-13(19)16-6-11(18)12-8(14)3-2-4-9(12)15/h2-4,7,10-11,18H,5-6H2,1H3,(H2,16,17,19). The number of hydrogen-bond acceptors (Lipinski definition) is 2. The molecule has 4 nitrogen and oxygen atoms in total. The Balaban J connectivity index is 1.87. The van der Waals surface area contributed by atoms with Crippen molar-refractivity contribution in [2.75, 3.05) is 6.54 Å². The van der Waals surface area contributed by atoms with E-state index in [4.69, 9.17) is 23.2 Å². The van der Waals surface area contributed by atoms with Crippen molar-refractivity contribution in [2.24, 2.45) is 5.92 Å². The van der Waals surface area contributed by atoms with Gasteiger partial charge in [0, 0.05) is 28.2 Å². The number of carbonyl (C=O) groups excluding carboxylic acids is 1. The summed E-state index contributed by atoms with van der Waals surface area (Å²) >= 11 is 12.0. The van der Waals surface area contributed by atoms with Crippen molar-refractivity contribution in [1.82, 2.24) is 10.6 Å². The maximum atomic E-state index is 11.5. The summed E-state index contributed by atoms with van der Waals surface area (Å²) in [5.74, 6) is 0.536. The fourth-order valence-electron chi connectivity index (χ4n) is 1.86. The van der Waals surface area contributed by atoms with Gasteiger partial charge in [-0.25, -0.2) is 4.79 Å². The van der Waals surface area contributed by atoms with Crippen LogP contribution in [0.5, 0.6) is 0 Å². The Morgan fingerprint density at radius 2 is 2.05 bits per heavy atom. The fraction of sp³-hybridized carbons (Fsp3) is 0.462. The summed E-state index contributed by atoms with van der Waals surface area (Å²) in [6, 6.07) is 4.98. The van der Waals surface area contributed by atoms with E-state index in [0.717, 1.165) is 6.42 Å². The number of nitrogens with one attached hydrogen (secondary N) is 2. The summed E-state index contributed by atoms with van der Waals surface area (Å²) in [7, 11) is 0. The lowest BCUT2D eigenvalue weighted by Crippen LogP contribution is -2.39. The minimum atomic E-state index is -0.927. The minimum absolute atomic E-state index is 0.0659. The van der Waals surface area contributed by atoms with E-state index in [9.17, 15) is 9.90 Å². The lowest BCUT2D eigenvalue weighted by Gasteiger charge is -2.15. The van der Waals surface area contributed by atoms with E-state index >= 15 is 0 Å². The van der Waals surface area contributed by atoms with E-state index in [0.29, 0.717) is 21.5 Å². The third-order valence-electron chi connectivity index (χ3n) is 3.21. The zero-order valence-corrected chi connectivity index (χ0v) is 12.0. The maximum Gasteiger partial charge on any atom is 0.315 e. The average molecular weight is 303 g/mol. The monoisotopic (exact) mass is 302 g/mol. The summed E-state index contributed by atoms with van der Waals surface area (Å²) in [5.41, 5.74) is 0.436. The number of urea groups is 1. The zero-order chi connectivity index (χ0) is 14.0. The minimum Gasteiger partial charge on any atom is -0.386 e. The molecule has 3 unspecified atom stereocenters. The highest BCUT2D eigenvalue weighted by atomic mass is 35.5. The Bertz CT molecular complexity index is 461. The third kappa shape index (κ3) is 3.75. The highest BCUT2D eigenvalue weighted by molar-refractivity contribution is 6.36. The van der Waals surface area contributed by atoms with Gasteiger partial charge in [-0.1, -0.05) is 36.2 Å². The summed E-state index contributed by atoms with van der Waals surface area (Å²) in [6.07, 6.45) is 0.0790. The van der Waals surface area contributed by atoms with Crippen LogP contribution in [-0.2, 0) is 0 Å². The van der Waals surface area contributed by atoms with Crippen molar-refractivity contribution >= 4 is 29.2 Å². The normalized spacial score (nSPS) is 22.7. The molecule has 0 spiro atoms. The predicted octanol–water partition coefficient (Wildman–Crippen LogP) is 2.73. The molecular weight excluding hydrogens is 287 g/mol. The van der Waals surface area contributed by atoms with Gasteiger partial charge < -0.3 is 15.7 Å². The molecule has 1 saturated carbocycles. The maximum absolute atomic E-state index is 11.5. The van der Waals surface area contributed by atoms with Gasteiger partial charge in [0.1, 0.15) is 0 Å². The van der Waals surface area contributed by atoms with Gasteiger partial charge in [0.2, 0.25) is 0 Å². The van der Waals surface area contributed by atoms with Gasteiger partial charge in [-0.2, -0.15) is 0 Å². The number of benzene rings is 1. The van der Waals surface area contributed by atoms with Crippen LogP contribution in [0.3, 0.4) is 0 Å².